The molecule has 1 saturated carbocycles. The predicted molar refractivity (Wildman–Crippen MR) is 114 cm³/mol. The molecule has 0 spiro atoms. The van der Waals surface area contributed by atoms with Crippen molar-refractivity contribution >= 4 is 33.0 Å². The molecular formula is C23H24FNO3S. The van der Waals surface area contributed by atoms with Gasteiger partial charge in [0.25, 0.3) is 5.91 Å². The number of thiophene rings is 1. The van der Waals surface area contributed by atoms with Gasteiger partial charge in [0.1, 0.15) is 11.6 Å². The van der Waals surface area contributed by atoms with Crippen molar-refractivity contribution in [1.29, 1.82) is 0 Å². The Morgan fingerprint density at radius 1 is 1.21 bits per heavy atom. The Balaban J connectivity index is 1.81. The number of rotatable bonds is 7. The quantitative estimate of drug-likeness (QED) is 0.503. The first-order valence-corrected chi connectivity index (χ1v) is 10.5. The van der Waals surface area contributed by atoms with Crippen LogP contribution < -0.4 is 9.64 Å². The second-order valence-electron chi connectivity index (χ2n) is 7.41. The van der Waals surface area contributed by atoms with Crippen molar-refractivity contribution in [1.82, 2.24) is 0 Å². The summed E-state index contributed by atoms with van der Waals surface area (Å²) in [5.74, 6) is 0.792. The molecule has 0 bridgehead atoms. The van der Waals surface area contributed by atoms with Crippen LogP contribution in [0.15, 0.2) is 42.5 Å². The summed E-state index contributed by atoms with van der Waals surface area (Å²) in [6, 6.07) is 12.5. The zero-order valence-corrected chi connectivity index (χ0v) is 17.6. The molecule has 0 saturated heterocycles. The number of ether oxygens (including phenoxy) is 2. The van der Waals surface area contributed by atoms with Gasteiger partial charge in [0.2, 0.25) is 0 Å². The molecule has 1 heterocycles. The minimum Gasteiger partial charge on any atom is -0.497 e. The van der Waals surface area contributed by atoms with Crippen LogP contribution in [-0.2, 0) is 11.3 Å². The third-order valence-corrected chi connectivity index (χ3v) is 6.71. The summed E-state index contributed by atoms with van der Waals surface area (Å²) >= 11 is 1.33. The first kappa shape index (κ1) is 19.9. The maximum absolute atomic E-state index is 14.6. The van der Waals surface area contributed by atoms with Crippen LogP contribution in [-0.4, -0.2) is 26.2 Å². The summed E-state index contributed by atoms with van der Waals surface area (Å²) in [5.41, 5.74) is 1.44. The van der Waals surface area contributed by atoms with Crippen LogP contribution in [0.4, 0.5) is 10.1 Å². The van der Waals surface area contributed by atoms with Gasteiger partial charge in [0.05, 0.1) is 18.6 Å². The van der Waals surface area contributed by atoms with Gasteiger partial charge >= 0.3 is 0 Å². The van der Waals surface area contributed by atoms with E-state index in [1.165, 1.54) is 17.4 Å². The van der Waals surface area contributed by atoms with Gasteiger partial charge in [-0.25, -0.2) is 4.39 Å². The van der Waals surface area contributed by atoms with Crippen molar-refractivity contribution in [3.63, 3.8) is 0 Å². The molecule has 3 aromatic rings. The van der Waals surface area contributed by atoms with Crippen LogP contribution in [0, 0.1) is 11.7 Å². The molecule has 1 aliphatic carbocycles. The highest BCUT2D eigenvalue weighted by Gasteiger charge is 2.37. The normalized spacial score (nSPS) is 14.8. The van der Waals surface area contributed by atoms with Gasteiger partial charge in [0, 0.05) is 34.5 Å². The van der Waals surface area contributed by atoms with E-state index >= 15 is 0 Å². The Labute approximate surface area is 173 Å². The van der Waals surface area contributed by atoms with Crippen molar-refractivity contribution < 1.29 is 18.7 Å². The van der Waals surface area contributed by atoms with Crippen LogP contribution in [0.2, 0.25) is 0 Å². The van der Waals surface area contributed by atoms with Gasteiger partial charge in [-0.2, -0.15) is 0 Å². The lowest BCUT2D eigenvalue weighted by atomic mass is 10.1. The van der Waals surface area contributed by atoms with Crippen molar-refractivity contribution in [2.24, 2.45) is 5.92 Å². The lowest BCUT2D eigenvalue weighted by Gasteiger charge is -2.29. The van der Waals surface area contributed by atoms with Crippen molar-refractivity contribution in [2.45, 2.75) is 32.4 Å². The minimum absolute atomic E-state index is 0.0568. The molecule has 0 N–H and O–H groups in total. The van der Waals surface area contributed by atoms with E-state index in [1.54, 1.807) is 20.3 Å². The number of methoxy groups -OCH3 is 2. The van der Waals surface area contributed by atoms with Crippen molar-refractivity contribution in [3.8, 4) is 5.75 Å². The molecular weight excluding hydrogens is 389 g/mol. The molecule has 0 aliphatic heterocycles. The first-order chi connectivity index (χ1) is 14.0. The number of anilines is 1. The third-order valence-electron chi connectivity index (χ3n) is 5.53. The minimum atomic E-state index is -0.323. The van der Waals surface area contributed by atoms with Crippen LogP contribution in [0.25, 0.3) is 10.1 Å². The number of hydrogen-bond donors (Lipinski definition) is 0. The Morgan fingerprint density at radius 2 is 1.93 bits per heavy atom. The van der Waals surface area contributed by atoms with E-state index in [9.17, 15) is 9.18 Å². The summed E-state index contributed by atoms with van der Waals surface area (Å²) in [6.07, 6.45) is 2.24. The SMILES string of the molecule is COCc1c(C(=O)N(c2ccc(OC)cc2)C(C)C2CC2)sc2cccc(F)c12. The number of carbonyl (C=O) groups excluding carboxylic acids is 1. The maximum Gasteiger partial charge on any atom is 0.269 e. The van der Waals surface area contributed by atoms with Crippen LogP contribution in [0.1, 0.15) is 35.0 Å². The zero-order chi connectivity index (χ0) is 20.5. The van der Waals surface area contributed by atoms with Crippen molar-refractivity contribution in [3.05, 3.63) is 58.7 Å². The van der Waals surface area contributed by atoms with Gasteiger partial charge in [-0.3, -0.25) is 4.79 Å². The van der Waals surface area contributed by atoms with Gasteiger partial charge < -0.3 is 14.4 Å². The standard InChI is InChI=1S/C23H24FNO3S/c1-14(15-7-8-15)25(16-9-11-17(28-3)12-10-16)23(26)22-18(13-27-2)21-19(24)5-4-6-20(21)29-22/h4-6,9-12,14-15H,7-8,13H2,1-3H3. The fourth-order valence-corrected chi connectivity index (χ4v) is 4.96. The fraction of sp³-hybridized carbons (Fsp3) is 0.348. The fourth-order valence-electron chi connectivity index (χ4n) is 3.80. The average molecular weight is 414 g/mol. The highest BCUT2D eigenvalue weighted by atomic mass is 32.1. The second kappa shape index (κ2) is 8.13. The van der Waals surface area contributed by atoms with E-state index in [1.807, 2.05) is 35.2 Å². The monoisotopic (exact) mass is 413 g/mol. The molecule has 4 rings (SSSR count). The van der Waals surface area contributed by atoms with Crippen LogP contribution in [0.5, 0.6) is 5.75 Å². The van der Waals surface area contributed by atoms with E-state index in [2.05, 4.69) is 6.92 Å². The third kappa shape index (κ3) is 3.74. The van der Waals surface area contributed by atoms with Gasteiger partial charge in [0.15, 0.2) is 0 Å². The second-order valence-corrected chi connectivity index (χ2v) is 8.46. The molecule has 1 aliphatic rings. The number of fused-ring (bicyclic) bond motifs is 1. The number of carbonyl (C=O) groups is 1. The predicted octanol–water partition coefficient (Wildman–Crippen LogP) is 5.64. The molecule has 29 heavy (non-hydrogen) atoms. The smallest absolute Gasteiger partial charge is 0.269 e. The molecule has 1 fully saturated rings. The lowest BCUT2D eigenvalue weighted by Crippen LogP contribution is -2.40. The number of benzene rings is 2. The maximum atomic E-state index is 14.6. The topological polar surface area (TPSA) is 38.8 Å². The Kier molecular flexibility index (Phi) is 5.56. The van der Waals surface area contributed by atoms with Crippen LogP contribution >= 0.6 is 11.3 Å². The zero-order valence-electron chi connectivity index (χ0n) is 16.8. The first-order valence-electron chi connectivity index (χ1n) is 9.71. The largest absolute Gasteiger partial charge is 0.497 e. The van der Waals surface area contributed by atoms with E-state index in [0.717, 1.165) is 29.0 Å². The number of amides is 1. The van der Waals surface area contributed by atoms with Crippen LogP contribution in [0.3, 0.4) is 0 Å². The number of hydrogen-bond acceptors (Lipinski definition) is 4. The molecule has 1 atom stereocenters. The molecule has 1 aromatic heterocycles. The summed E-state index contributed by atoms with van der Waals surface area (Å²) < 4.78 is 25.9. The summed E-state index contributed by atoms with van der Waals surface area (Å²) in [4.78, 5) is 16.2. The van der Waals surface area contributed by atoms with Gasteiger partial charge in [-0.15, -0.1) is 11.3 Å². The van der Waals surface area contributed by atoms with Crippen molar-refractivity contribution in [2.75, 3.05) is 19.1 Å². The summed E-state index contributed by atoms with van der Waals surface area (Å²) in [7, 11) is 3.18. The Morgan fingerprint density at radius 3 is 2.55 bits per heavy atom. The van der Waals surface area contributed by atoms with E-state index in [4.69, 9.17) is 9.47 Å². The lowest BCUT2D eigenvalue weighted by molar-refractivity contribution is 0.0975. The summed E-state index contributed by atoms with van der Waals surface area (Å²) in [5, 5.41) is 0.483. The molecule has 4 nitrogen and oxygen atoms in total. The Hall–Kier alpha value is -2.44. The highest BCUT2D eigenvalue weighted by Crippen LogP contribution is 2.40. The van der Waals surface area contributed by atoms with E-state index in [-0.39, 0.29) is 24.4 Å². The van der Waals surface area contributed by atoms with E-state index < -0.39 is 0 Å². The highest BCUT2D eigenvalue weighted by molar-refractivity contribution is 7.21. The number of halogens is 1. The summed E-state index contributed by atoms with van der Waals surface area (Å²) in [6.45, 7) is 2.28. The molecule has 1 unspecified atom stereocenters. The molecule has 1 amide bonds. The van der Waals surface area contributed by atoms with E-state index in [0.29, 0.717) is 21.7 Å². The molecule has 6 heteroatoms. The number of nitrogens with zero attached hydrogens (tertiary/aromatic N) is 1. The molecule has 2 aromatic carbocycles. The Bertz CT molecular complexity index is 1030. The van der Waals surface area contributed by atoms with Gasteiger partial charge in [-0.05, 0) is 62.1 Å². The molecule has 0 radical (unpaired) electrons. The average Bonchev–Trinajstić information content (AvgIpc) is 3.51. The molecule has 152 valence electrons. The van der Waals surface area contributed by atoms with Gasteiger partial charge in [-0.1, -0.05) is 6.07 Å².